The molecule has 5 heteroatoms. The van der Waals surface area contributed by atoms with Crippen molar-refractivity contribution >= 4 is 10.0 Å². The van der Waals surface area contributed by atoms with Crippen LogP contribution in [0.4, 0.5) is 0 Å². The molecule has 0 N–H and O–H groups in total. The molecule has 1 aromatic carbocycles. The molecule has 2 fully saturated rings. The summed E-state index contributed by atoms with van der Waals surface area (Å²) >= 11 is 0. The Hall–Kier alpha value is -0.910. The number of benzene rings is 1. The normalized spacial score (nSPS) is 27.3. The molecule has 2 aliphatic heterocycles. The Morgan fingerprint density at radius 2 is 2.05 bits per heavy atom. The third-order valence-corrected chi connectivity index (χ3v) is 7.15. The summed E-state index contributed by atoms with van der Waals surface area (Å²) in [7, 11) is -3.26. The number of hydrogen-bond acceptors (Lipinski definition) is 3. The van der Waals surface area contributed by atoms with Crippen molar-refractivity contribution in [1.82, 2.24) is 4.31 Å². The predicted molar refractivity (Wildman–Crippen MR) is 82.7 cm³/mol. The van der Waals surface area contributed by atoms with Crippen molar-refractivity contribution in [3.05, 3.63) is 34.9 Å². The van der Waals surface area contributed by atoms with E-state index in [4.69, 9.17) is 4.74 Å². The zero-order valence-corrected chi connectivity index (χ0v) is 13.5. The molecular formula is C16H23NO3S. The topological polar surface area (TPSA) is 46.6 Å². The first-order valence-corrected chi connectivity index (χ1v) is 9.16. The SMILES string of the molecule is Cc1cccc(C2CCCN2S(=O)(=O)C2CCOC2)c1C. The first kappa shape index (κ1) is 15.0. The molecule has 0 radical (unpaired) electrons. The summed E-state index contributed by atoms with van der Waals surface area (Å²) in [6.07, 6.45) is 2.47. The molecule has 2 unspecified atom stereocenters. The third kappa shape index (κ3) is 2.62. The van der Waals surface area contributed by atoms with Crippen molar-refractivity contribution in [1.29, 1.82) is 0 Å². The highest BCUT2D eigenvalue weighted by atomic mass is 32.2. The van der Waals surface area contributed by atoms with Crippen LogP contribution < -0.4 is 0 Å². The zero-order valence-electron chi connectivity index (χ0n) is 12.7. The van der Waals surface area contributed by atoms with Crippen LogP contribution in [0.3, 0.4) is 0 Å². The molecule has 2 heterocycles. The maximum atomic E-state index is 12.9. The van der Waals surface area contributed by atoms with E-state index in [0.29, 0.717) is 26.2 Å². The number of hydrogen-bond donors (Lipinski definition) is 0. The summed E-state index contributed by atoms with van der Waals surface area (Å²) in [5, 5.41) is -0.358. The largest absolute Gasteiger partial charge is 0.380 e. The molecule has 0 spiro atoms. The summed E-state index contributed by atoms with van der Waals surface area (Å²) in [6.45, 7) is 5.71. The van der Waals surface area contributed by atoms with Gasteiger partial charge in [0, 0.05) is 13.2 Å². The maximum Gasteiger partial charge on any atom is 0.219 e. The van der Waals surface area contributed by atoms with Crippen molar-refractivity contribution in [3.8, 4) is 0 Å². The third-order valence-electron chi connectivity index (χ3n) is 4.85. The van der Waals surface area contributed by atoms with Gasteiger partial charge in [0.2, 0.25) is 10.0 Å². The van der Waals surface area contributed by atoms with E-state index in [-0.39, 0.29) is 11.3 Å². The summed E-state index contributed by atoms with van der Waals surface area (Å²) in [6, 6.07) is 6.18. The van der Waals surface area contributed by atoms with Crippen molar-refractivity contribution < 1.29 is 13.2 Å². The second kappa shape index (κ2) is 5.71. The molecule has 116 valence electrons. The van der Waals surface area contributed by atoms with E-state index in [2.05, 4.69) is 26.0 Å². The van der Waals surface area contributed by atoms with E-state index < -0.39 is 10.0 Å². The highest BCUT2D eigenvalue weighted by Gasteiger charge is 2.41. The van der Waals surface area contributed by atoms with Crippen LogP contribution in [0.25, 0.3) is 0 Å². The van der Waals surface area contributed by atoms with Crippen LogP contribution in [0.5, 0.6) is 0 Å². The van der Waals surface area contributed by atoms with Gasteiger partial charge in [-0.05, 0) is 49.8 Å². The van der Waals surface area contributed by atoms with Crippen LogP contribution in [-0.4, -0.2) is 37.7 Å². The predicted octanol–water partition coefficient (Wildman–Crippen LogP) is 2.56. The minimum Gasteiger partial charge on any atom is -0.380 e. The van der Waals surface area contributed by atoms with Crippen LogP contribution >= 0.6 is 0 Å². The monoisotopic (exact) mass is 309 g/mol. The molecule has 2 atom stereocenters. The lowest BCUT2D eigenvalue weighted by Crippen LogP contribution is -2.38. The lowest BCUT2D eigenvalue weighted by atomic mass is 9.97. The van der Waals surface area contributed by atoms with Crippen LogP contribution in [0.1, 0.15) is 42.0 Å². The second-order valence-corrected chi connectivity index (χ2v) is 8.25. The van der Waals surface area contributed by atoms with Crippen LogP contribution in [-0.2, 0) is 14.8 Å². The van der Waals surface area contributed by atoms with E-state index in [9.17, 15) is 8.42 Å². The number of sulfonamides is 1. The van der Waals surface area contributed by atoms with Gasteiger partial charge in [0.05, 0.1) is 12.6 Å². The average molecular weight is 309 g/mol. The van der Waals surface area contributed by atoms with E-state index in [1.54, 1.807) is 4.31 Å². The standard InChI is InChI=1S/C16H23NO3S/c1-12-5-3-6-15(13(12)2)16-7-4-9-17(16)21(18,19)14-8-10-20-11-14/h3,5-6,14,16H,4,7-11H2,1-2H3. The van der Waals surface area contributed by atoms with Crippen molar-refractivity contribution in [2.75, 3.05) is 19.8 Å². The average Bonchev–Trinajstić information content (AvgIpc) is 3.12. The van der Waals surface area contributed by atoms with Gasteiger partial charge in [-0.25, -0.2) is 8.42 Å². The number of rotatable bonds is 3. The van der Waals surface area contributed by atoms with Crippen LogP contribution in [0, 0.1) is 13.8 Å². The smallest absolute Gasteiger partial charge is 0.219 e. The van der Waals surface area contributed by atoms with E-state index in [1.807, 2.05) is 6.07 Å². The Balaban J connectivity index is 1.94. The van der Waals surface area contributed by atoms with Gasteiger partial charge in [0.25, 0.3) is 0 Å². The molecule has 0 amide bonds. The van der Waals surface area contributed by atoms with Gasteiger partial charge in [-0.3, -0.25) is 0 Å². The fourth-order valence-electron chi connectivity index (χ4n) is 3.43. The summed E-state index contributed by atoms with van der Waals surface area (Å²) in [5.74, 6) is 0. The lowest BCUT2D eigenvalue weighted by molar-refractivity contribution is 0.197. The van der Waals surface area contributed by atoms with Gasteiger partial charge in [-0.15, -0.1) is 0 Å². The van der Waals surface area contributed by atoms with Gasteiger partial charge in [0.15, 0.2) is 0 Å². The fourth-order valence-corrected chi connectivity index (χ4v) is 5.43. The molecule has 0 saturated carbocycles. The van der Waals surface area contributed by atoms with Crippen molar-refractivity contribution in [3.63, 3.8) is 0 Å². The minimum absolute atomic E-state index is 0.00417. The molecule has 0 aliphatic carbocycles. The quantitative estimate of drug-likeness (QED) is 0.862. The van der Waals surface area contributed by atoms with E-state index in [0.717, 1.165) is 18.4 Å². The highest BCUT2D eigenvalue weighted by Crippen LogP contribution is 2.38. The Kier molecular flexibility index (Phi) is 4.08. The minimum atomic E-state index is -3.26. The Labute approximate surface area is 127 Å². The Morgan fingerprint density at radius 3 is 2.76 bits per heavy atom. The van der Waals surface area contributed by atoms with Crippen LogP contribution in [0.2, 0.25) is 0 Å². The molecule has 0 aromatic heterocycles. The first-order valence-electron chi connectivity index (χ1n) is 7.66. The number of ether oxygens (including phenoxy) is 1. The molecule has 0 bridgehead atoms. The second-order valence-electron chi connectivity index (χ2n) is 6.09. The van der Waals surface area contributed by atoms with Crippen LogP contribution in [0.15, 0.2) is 18.2 Å². The van der Waals surface area contributed by atoms with Gasteiger partial charge in [0.1, 0.15) is 5.25 Å². The highest BCUT2D eigenvalue weighted by molar-refractivity contribution is 7.89. The molecular weight excluding hydrogens is 286 g/mol. The summed E-state index contributed by atoms with van der Waals surface area (Å²) in [4.78, 5) is 0. The molecule has 1 aromatic rings. The Morgan fingerprint density at radius 1 is 1.24 bits per heavy atom. The fraction of sp³-hybridized carbons (Fsp3) is 0.625. The molecule has 2 aliphatic rings. The first-order chi connectivity index (χ1) is 10.0. The van der Waals surface area contributed by atoms with E-state index >= 15 is 0 Å². The van der Waals surface area contributed by atoms with Crippen molar-refractivity contribution in [2.45, 2.75) is 44.4 Å². The molecule has 3 rings (SSSR count). The maximum absolute atomic E-state index is 12.9. The van der Waals surface area contributed by atoms with Gasteiger partial charge in [-0.1, -0.05) is 18.2 Å². The Bertz CT molecular complexity index is 620. The number of nitrogens with zero attached hydrogens (tertiary/aromatic N) is 1. The van der Waals surface area contributed by atoms with E-state index in [1.165, 1.54) is 11.1 Å². The number of aryl methyl sites for hydroxylation is 1. The molecule has 4 nitrogen and oxygen atoms in total. The van der Waals surface area contributed by atoms with Crippen molar-refractivity contribution in [2.24, 2.45) is 0 Å². The van der Waals surface area contributed by atoms with Gasteiger partial charge < -0.3 is 4.74 Å². The van der Waals surface area contributed by atoms with Gasteiger partial charge in [-0.2, -0.15) is 4.31 Å². The summed E-state index contributed by atoms with van der Waals surface area (Å²) < 4.78 is 32.7. The molecule has 2 saturated heterocycles. The van der Waals surface area contributed by atoms with Gasteiger partial charge >= 0.3 is 0 Å². The lowest BCUT2D eigenvalue weighted by Gasteiger charge is -2.28. The zero-order chi connectivity index (χ0) is 15.0. The molecule has 21 heavy (non-hydrogen) atoms. The summed E-state index contributed by atoms with van der Waals surface area (Å²) in [5.41, 5.74) is 3.60.